The maximum absolute atomic E-state index is 9.52. The Morgan fingerprint density at radius 2 is 0.971 bits per heavy atom. The molecule has 0 unspecified atom stereocenters. The summed E-state index contributed by atoms with van der Waals surface area (Å²) in [6, 6.07) is 25.9. The molecule has 0 saturated heterocycles. The van der Waals surface area contributed by atoms with Crippen LogP contribution >= 0.6 is 0 Å². The second-order valence-electron chi connectivity index (χ2n) is 7.83. The van der Waals surface area contributed by atoms with Gasteiger partial charge in [0.1, 0.15) is 34.5 Å². The van der Waals surface area contributed by atoms with E-state index in [2.05, 4.69) is 0 Å². The van der Waals surface area contributed by atoms with Crippen LogP contribution in [-0.2, 0) is 6.42 Å². The van der Waals surface area contributed by atoms with E-state index >= 15 is 0 Å². The van der Waals surface area contributed by atoms with Gasteiger partial charge in [-0.3, -0.25) is 0 Å². The Kier molecular flexibility index (Phi) is 8.24. The van der Waals surface area contributed by atoms with E-state index in [4.69, 9.17) is 14.9 Å². The van der Waals surface area contributed by atoms with Crippen LogP contribution in [0.4, 0.5) is 0 Å². The monoisotopic (exact) mass is 460 g/mol. The molecule has 0 radical (unpaired) electrons. The van der Waals surface area contributed by atoms with E-state index in [1.54, 1.807) is 36.4 Å². The fourth-order valence-electron chi connectivity index (χ4n) is 3.60. The van der Waals surface area contributed by atoms with Crippen molar-refractivity contribution in [2.75, 3.05) is 7.11 Å². The lowest BCUT2D eigenvalue weighted by Gasteiger charge is -2.18. The average Bonchev–Trinajstić information content (AvgIpc) is 2.82. The van der Waals surface area contributed by atoms with Crippen molar-refractivity contribution in [2.45, 2.75) is 18.8 Å². The molecule has 0 aliphatic carbocycles. The highest BCUT2D eigenvalue weighted by Crippen LogP contribution is 2.31. The van der Waals surface area contributed by atoms with Crippen molar-refractivity contribution in [3.8, 4) is 34.5 Å². The molecular formula is C28H28O6. The quantitative estimate of drug-likeness (QED) is 0.253. The summed E-state index contributed by atoms with van der Waals surface area (Å²) in [5.41, 5.74) is 3.41. The van der Waals surface area contributed by atoms with Crippen LogP contribution in [0.3, 0.4) is 0 Å². The number of phenols is 5. The number of phenolic OH excluding ortho intramolecular Hbond substituents is 5. The molecule has 0 atom stereocenters. The van der Waals surface area contributed by atoms with Gasteiger partial charge in [-0.05, 0) is 65.9 Å². The largest absolute Gasteiger partial charge is 0.508 e. The minimum absolute atomic E-state index is 0.00292. The van der Waals surface area contributed by atoms with Gasteiger partial charge in [0, 0.05) is 24.1 Å². The molecule has 176 valence electrons. The normalized spacial score (nSPS) is 10.4. The Balaban J connectivity index is 0.000000271. The third-order valence-corrected chi connectivity index (χ3v) is 5.36. The standard InChI is InChI=1S/C21H20O3.C7H8O3/c22-18-8-1-15(2-9-18)3-14-21(16-4-10-19(23)11-5-16)17-6-12-20(24)13-7-17;1-10-7-3-5(8)2-6(9)4-7/h1-2,4-13,21-24H,3,14H2;2-4,8-9H,1H3. The van der Waals surface area contributed by atoms with Gasteiger partial charge < -0.3 is 30.3 Å². The van der Waals surface area contributed by atoms with Crippen molar-refractivity contribution in [2.24, 2.45) is 0 Å². The number of aryl methyl sites for hydroxylation is 1. The van der Waals surface area contributed by atoms with Crippen LogP contribution in [0.5, 0.6) is 34.5 Å². The van der Waals surface area contributed by atoms with E-state index in [0.29, 0.717) is 5.75 Å². The first-order chi connectivity index (χ1) is 16.3. The van der Waals surface area contributed by atoms with Crippen LogP contribution in [0.2, 0.25) is 0 Å². The SMILES string of the molecule is COc1cc(O)cc(O)c1.Oc1ccc(CCC(c2ccc(O)cc2)c2ccc(O)cc2)cc1. The lowest BCUT2D eigenvalue weighted by Crippen LogP contribution is -2.03. The summed E-state index contributed by atoms with van der Waals surface area (Å²) in [6.07, 6.45) is 1.76. The first-order valence-corrected chi connectivity index (χ1v) is 10.8. The summed E-state index contributed by atoms with van der Waals surface area (Å²) < 4.78 is 4.76. The zero-order valence-electron chi connectivity index (χ0n) is 18.8. The number of hydrogen-bond donors (Lipinski definition) is 5. The van der Waals surface area contributed by atoms with Gasteiger partial charge in [-0.25, -0.2) is 0 Å². The van der Waals surface area contributed by atoms with Crippen molar-refractivity contribution in [1.82, 2.24) is 0 Å². The minimum Gasteiger partial charge on any atom is -0.508 e. The van der Waals surface area contributed by atoms with Gasteiger partial charge in [0.25, 0.3) is 0 Å². The van der Waals surface area contributed by atoms with Gasteiger partial charge in [-0.2, -0.15) is 0 Å². The second kappa shape index (κ2) is 11.5. The Bertz CT molecular complexity index is 1100. The summed E-state index contributed by atoms with van der Waals surface area (Å²) >= 11 is 0. The van der Waals surface area contributed by atoms with E-state index in [-0.39, 0.29) is 34.7 Å². The highest BCUT2D eigenvalue weighted by atomic mass is 16.5. The van der Waals surface area contributed by atoms with Gasteiger partial charge >= 0.3 is 0 Å². The van der Waals surface area contributed by atoms with E-state index in [9.17, 15) is 15.3 Å². The molecule has 0 aliphatic rings. The maximum atomic E-state index is 9.52. The Hall–Kier alpha value is -4.32. The van der Waals surface area contributed by atoms with Crippen LogP contribution in [0.25, 0.3) is 0 Å². The predicted octanol–water partition coefficient (Wildman–Crippen LogP) is 5.67. The highest BCUT2D eigenvalue weighted by Gasteiger charge is 2.15. The maximum Gasteiger partial charge on any atom is 0.126 e. The fraction of sp³-hybridized carbons (Fsp3) is 0.143. The summed E-state index contributed by atoms with van der Waals surface area (Å²) in [4.78, 5) is 0. The molecule has 4 rings (SSSR count). The number of ether oxygens (including phenoxy) is 1. The van der Waals surface area contributed by atoms with Crippen LogP contribution in [0.1, 0.15) is 29.0 Å². The molecule has 6 nitrogen and oxygen atoms in total. The van der Waals surface area contributed by atoms with Crippen molar-refractivity contribution >= 4 is 0 Å². The molecule has 0 aromatic heterocycles. The number of benzene rings is 4. The lowest BCUT2D eigenvalue weighted by atomic mass is 9.86. The molecule has 0 spiro atoms. The molecule has 4 aromatic rings. The lowest BCUT2D eigenvalue weighted by molar-refractivity contribution is 0.398. The molecule has 0 bridgehead atoms. The van der Waals surface area contributed by atoms with Gasteiger partial charge in [-0.1, -0.05) is 36.4 Å². The van der Waals surface area contributed by atoms with Gasteiger partial charge in [0.2, 0.25) is 0 Å². The molecular weight excluding hydrogens is 432 g/mol. The van der Waals surface area contributed by atoms with Crippen molar-refractivity contribution in [1.29, 1.82) is 0 Å². The van der Waals surface area contributed by atoms with Crippen LogP contribution in [-0.4, -0.2) is 32.6 Å². The van der Waals surface area contributed by atoms with Crippen molar-refractivity contribution < 1.29 is 30.3 Å². The molecule has 0 amide bonds. The molecule has 4 aromatic carbocycles. The molecule has 0 saturated carbocycles. The van der Waals surface area contributed by atoms with E-state index in [0.717, 1.165) is 29.5 Å². The third kappa shape index (κ3) is 7.10. The average molecular weight is 461 g/mol. The zero-order chi connectivity index (χ0) is 24.5. The number of methoxy groups -OCH3 is 1. The Morgan fingerprint density at radius 3 is 1.38 bits per heavy atom. The Labute approximate surface area is 198 Å². The molecule has 6 heteroatoms. The van der Waals surface area contributed by atoms with E-state index in [1.807, 2.05) is 36.4 Å². The topological polar surface area (TPSA) is 110 Å². The Morgan fingerprint density at radius 1 is 0.559 bits per heavy atom. The number of hydrogen-bond acceptors (Lipinski definition) is 6. The first kappa shape index (κ1) is 24.3. The number of rotatable bonds is 6. The highest BCUT2D eigenvalue weighted by molar-refractivity contribution is 5.40. The van der Waals surface area contributed by atoms with Crippen molar-refractivity contribution in [3.63, 3.8) is 0 Å². The van der Waals surface area contributed by atoms with Crippen LogP contribution in [0, 0.1) is 0 Å². The molecule has 5 N–H and O–H groups in total. The summed E-state index contributed by atoms with van der Waals surface area (Å²) in [7, 11) is 1.47. The first-order valence-electron chi connectivity index (χ1n) is 10.8. The minimum atomic E-state index is -0.00292. The van der Waals surface area contributed by atoms with Gasteiger partial charge in [-0.15, -0.1) is 0 Å². The summed E-state index contributed by atoms with van der Waals surface area (Å²) in [5, 5.41) is 46.2. The fourth-order valence-corrected chi connectivity index (χ4v) is 3.60. The molecule has 0 heterocycles. The van der Waals surface area contributed by atoms with Crippen LogP contribution in [0.15, 0.2) is 91.0 Å². The molecule has 0 aliphatic heterocycles. The van der Waals surface area contributed by atoms with E-state index in [1.165, 1.54) is 25.3 Å². The van der Waals surface area contributed by atoms with Gasteiger partial charge in [0.05, 0.1) is 7.11 Å². The van der Waals surface area contributed by atoms with Crippen LogP contribution < -0.4 is 4.74 Å². The molecule has 0 fully saturated rings. The van der Waals surface area contributed by atoms with E-state index < -0.39 is 0 Å². The summed E-state index contributed by atoms with van der Waals surface area (Å²) in [5.74, 6) is 1.38. The summed E-state index contributed by atoms with van der Waals surface area (Å²) in [6.45, 7) is 0. The third-order valence-electron chi connectivity index (χ3n) is 5.36. The predicted molar refractivity (Wildman–Crippen MR) is 131 cm³/mol. The van der Waals surface area contributed by atoms with Crippen molar-refractivity contribution in [3.05, 3.63) is 108 Å². The second-order valence-corrected chi connectivity index (χ2v) is 7.83. The zero-order valence-corrected chi connectivity index (χ0v) is 18.8. The van der Waals surface area contributed by atoms with Gasteiger partial charge in [0.15, 0.2) is 0 Å². The molecule has 34 heavy (non-hydrogen) atoms. The smallest absolute Gasteiger partial charge is 0.126 e. The number of aromatic hydroxyl groups is 5.